The van der Waals surface area contributed by atoms with E-state index in [1.54, 1.807) is 31.5 Å². The first-order valence-corrected chi connectivity index (χ1v) is 26.4. The molecule has 1 saturated carbocycles. The van der Waals surface area contributed by atoms with E-state index in [0.29, 0.717) is 92.5 Å². The maximum absolute atomic E-state index is 15.1. The highest BCUT2D eigenvalue weighted by atomic mass is 19.1. The van der Waals surface area contributed by atoms with Crippen LogP contribution in [0, 0.1) is 18.6 Å². The van der Waals surface area contributed by atoms with Gasteiger partial charge in [-0.25, -0.2) is 28.7 Å². The van der Waals surface area contributed by atoms with Crippen molar-refractivity contribution in [3.63, 3.8) is 0 Å². The second kappa shape index (κ2) is 27.2. The number of pyridine rings is 1. The van der Waals surface area contributed by atoms with E-state index in [1.165, 1.54) is 29.4 Å². The van der Waals surface area contributed by atoms with Gasteiger partial charge in [0, 0.05) is 99.2 Å². The van der Waals surface area contributed by atoms with Gasteiger partial charge < -0.3 is 55.1 Å². The van der Waals surface area contributed by atoms with E-state index in [1.807, 2.05) is 47.8 Å². The Balaban J connectivity index is 0.689. The third kappa shape index (κ3) is 14.9. The summed E-state index contributed by atoms with van der Waals surface area (Å²) in [4.78, 5) is 36.9. The summed E-state index contributed by atoms with van der Waals surface area (Å²) in [5.74, 6) is 1.94. The number of halogens is 2. The van der Waals surface area contributed by atoms with Crippen molar-refractivity contribution in [3.05, 3.63) is 119 Å². The number of anilines is 4. The number of piperidine rings is 1. The normalized spacial score (nSPS) is 14.7. The predicted molar refractivity (Wildman–Crippen MR) is 290 cm³/mol. The molecule has 20 heteroatoms. The first-order chi connectivity index (χ1) is 37.0. The number of nitrogen functional groups attached to an aromatic ring is 1. The number of carbonyl (C=O) groups excluding carboxylic acids is 1. The van der Waals surface area contributed by atoms with Crippen LogP contribution in [0.5, 0.6) is 11.6 Å². The molecule has 4 aromatic heterocycles. The van der Waals surface area contributed by atoms with Crippen LogP contribution < -0.4 is 30.7 Å². The number of carbonyl (C=O) groups is 1. The molecule has 1 atom stereocenters. The summed E-state index contributed by atoms with van der Waals surface area (Å²) in [6.45, 7) is 9.29. The molecule has 1 amide bonds. The molecule has 406 valence electrons. The predicted octanol–water partition coefficient (Wildman–Crippen LogP) is 7.59. The van der Waals surface area contributed by atoms with Crippen molar-refractivity contribution >= 4 is 34.7 Å². The van der Waals surface area contributed by atoms with Crippen LogP contribution in [0.25, 0.3) is 16.9 Å². The maximum Gasteiger partial charge on any atom is 0.246 e. The fourth-order valence-corrected chi connectivity index (χ4v) is 9.16. The summed E-state index contributed by atoms with van der Waals surface area (Å²) in [6, 6.07) is 14.2. The quantitative estimate of drug-likeness (QED) is 0.0264. The molecular formula is C56H72F2N12O6. The monoisotopic (exact) mass is 1050 g/mol. The van der Waals surface area contributed by atoms with E-state index in [9.17, 15) is 14.3 Å². The number of nitrogens with zero attached hydrogens (tertiary/aromatic N) is 9. The molecule has 76 heavy (non-hydrogen) atoms. The minimum absolute atomic E-state index is 0.0716. The van der Waals surface area contributed by atoms with E-state index >= 15 is 4.39 Å². The van der Waals surface area contributed by atoms with Gasteiger partial charge in [-0.1, -0.05) is 31.2 Å². The topological polar surface area (TPSA) is 203 Å². The molecule has 0 spiro atoms. The van der Waals surface area contributed by atoms with Crippen LogP contribution in [0.2, 0.25) is 0 Å². The molecule has 0 bridgehead atoms. The Bertz CT molecular complexity index is 2880. The van der Waals surface area contributed by atoms with Crippen LogP contribution >= 0.6 is 0 Å². The van der Waals surface area contributed by atoms with Gasteiger partial charge in [-0.2, -0.15) is 9.61 Å². The zero-order valence-corrected chi connectivity index (χ0v) is 44.1. The van der Waals surface area contributed by atoms with E-state index in [4.69, 9.17) is 29.7 Å². The Morgan fingerprint density at radius 1 is 0.895 bits per heavy atom. The molecule has 1 aliphatic heterocycles. The van der Waals surface area contributed by atoms with E-state index in [-0.39, 0.29) is 55.6 Å². The average Bonchev–Trinajstić information content (AvgIpc) is 4.20. The van der Waals surface area contributed by atoms with Crippen LogP contribution in [0.1, 0.15) is 79.2 Å². The average molecular weight is 1050 g/mol. The SMILES string of the molecule is CCc1cnn2c(NCc3ccc(OCCOCCOCCN(C)C/C=C/C(=O)N(C)CCOc4c(N)ncnc4-c4cc(F)cc(NCc5ccc(C6CC6)cc5F)c4C)nc3)cc(N3CCCC[C@H]3CCO)nc12. The summed E-state index contributed by atoms with van der Waals surface area (Å²) in [5.41, 5.74) is 12.5. The second-order valence-electron chi connectivity index (χ2n) is 19.4. The number of amides is 1. The lowest BCUT2D eigenvalue weighted by atomic mass is 9.99. The van der Waals surface area contributed by atoms with Gasteiger partial charge in [-0.15, -0.1) is 0 Å². The lowest BCUT2D eigenvalue weighted by Crippen LogP contribution is -2.40. The van der Waals surface area contributed by atoms with E-state index in [0.717, 1.165) is 85.5 Å². The van der Waals surface area contributed by atoms with Crippen LogP contribution in [0.15, 0.2) is 79.4 Å². The number of aromatic nitrogens is 6. The molecule has 0 unspecified atom stereocenters. The smallest absolute Gasteiger partial charge is 0.246 e. The van der Waals surface area contributed by atoms with Crippen LogP contribution in [0.3, 0.4) is 0 Å². The molecule has 6 aromatic rings. The Labute approximate surface area is 443 Å². The zero-order valence-electron chi connectivity index (χ0n) is 44.1. The van der Waals surface area contributed by atoms with Gasteiger partial charge in [0.25, 0.3) is 0 Å². The van der Waals surface area contributed by atoms with Gasteiger partial charge in [-0.3, -0.25) is 4.79 Å². The molecule has 5 N–H and O–H groups in total. The highest BCUT2D eigenvalue weighted by Crippen LogP contribution is 2.41. The fourth-order valence-electron chi connectivity index (χ4n) is 9.16. The molecule has 8 rings (SSSR count). The number of likely N-dealkylation sites (N-methyl/N-ethyl adjacent to an activating group) is 2. The van der Waals surface area contributed by atoms with Crippen molar-refractivity contribution in [3.8, 4) is 22.9 Å². The second-order valence-corrected chi connectivity index (χ2v) is 19.4. The van der Waals surface area contributed by atoms with Crippen molar-refractivity contribution in [1.82, 2.24) is 39.3 Å². The summed E-state index contributed by atoms with van der Waals surface area (Å²) < 4.78 is 55.2. The Hall–Kier alpha value is -7.00. The third-order valence-corrected chi connectivity index (χ3v) is 13.8. The summed E-state index contributed by atoms with van der Waals surface area (Å²) >= 11 is 0. The van der Waals surface area contributed by atoms with Crippen molar-refractivity contribution in [2.45, 2.75) is 83.8 Å². The van der Waals surface area contributed by atoms with Gasteiger partial charge in [0.1, 0.15) is 48.5 Å². The first kappa shape index (κ1) is 55.2. The number of aryl methyl sites for hydroxylation is 1. The zero-order chi connectivity index (χ0) is 53.4. The van der Waals surface area contributed by atoms with Crippen molar-refractivity contribution < 1.29 is 37.6 Å². The number of rotatable bonds is 29. The molecule has 2 aliphatic rings. The van der Waals surface area contributed by atoms with Crippen molar-refractivity contribution in [2.75, 3.05) is 108 Å². The Kier molecular flexibility index (Phi) is 19.7. The fraction of sp³-hybridized carbons (Fsp3) is 0.464. The molecular weight excluding hydrogens is 975 g/mol. The van der Waals surface area contributed by atoms with Gasteiger partial charge in [0.15, 0.2) is 17.2 Å². The number of hydrogen-bond acceptors (Lipinski definition) is 16. The molecule has 2 fully saturated rings. The van der Waals surface area contributed by atoms with E-state index in [2.05, 4.69) is 48.6 Å². The van der Waals surface area contributed by atoms with Crippen LogP contribution in [0.4, 0.5) is 31.9 Å². The number of aliphatic hydroxyl groups is 1. The number of nitrogens with one attached hydrogen (secondary N) is 2. The molecule has 1 saturated heterocycles. The van der Waals surface area contributed by atoms with Gasteiger partial charge in [0.05, 0.1) is 39.2 Å². The van der Waals surface area contributed by atoms with Crippen molar-refractivity contribution in [2.24, 2.45) is 0 Å². The Morgan fingerprint density at radius 2 is 1.72 bits per heavy atom. The minimum atomic E-state index is -0.515. The number of nitrogens with two attached hydrogens (primary N) is 1. The standard InChI is InChI=1S/C56H72F2N12O6/c1-5-40-36-65-70-49(32-50(66-56(40)70)69-19-7-6-9-45(69)17-22-71)61-33-39-11-16-51(62-34-39)75-28-27-74-26-25-73-23-20-67(3)18-8-10-52(72)68(4)21-24-76-54-53(63-37-64-55(54)59)46-30-44(57)31-48(38(46)2)60-35-43-15-14-42(29-47(43)58)41-12-13-41/h8,10-11,14-16,29-32,34,36-37,41,45,60-61,71H,5-7,9,12-13,17-28,33,35H2,1-4H3,(H2,59,63,64)/b10-8+/t45-/m0/s1. The van der Waals surface area contributed by atoms with Crippen LogP contribution in [-0.4, -0.2) is 143 Å². The number of aliphatic hydroxyl groups excluding tert-OH is 1. The molecule has 0 radical (unpaired) electrons. The van der Waals surface area contributed by atoms with Crippen LogP contribution in [-0.2, 0) is 33.8 Å². The summed E-state index contributed by atoms with van der Waals surface area (Å²) in [6.07, 6.45) is 15.3. The Morgan fingerprint density at radius 3 is 2.50 bits per heavy atom. The molecule has 1 aliphatic carbocycles. The van der Waals surface area contributed by atoms with Crippen molar-refractivity contribution in [1.29, 1.82) is 0 Å². The maximum atomic E-state index is 15.1. The highest BCUT2D eigenvalue weighted by molar-refractivity contribution is 5.87. The highest BCUT2D eigenvalue weighted by Gasteiger charge is 2.26. The van der Waals surface area contributed by atoms with Gasteiger partial charge in [0.2, 0.25) is 11.8 Å². The van der Waals surface area contributed by atoms with E-state index < -0.39 is 5.82 Å². The molecule has 18 nitrogen and oxygen atoms in total. The minimum Gasteiger partial charge on any atom is -0.486 e. The third-order valence-electron chi connectivity index (χ3n) is 13.8. The van der Waals surface area contributed by atoms with Gasteiger partial charge in [-0.05, 0) is 99.7 Å². The largest absolute Gasteiger partial charge is 0.486 e. The van der Waals surface area contributed by atoms with Gasteiger partial charge >= 0.3 is 0 Å². The number of benzene rings is 2. The lowest BCUT2D eigenvalue weighted by molar-refractivity contribution is -0.125. The first-order valence-electron chi connectivity index (χ1n) is 26.4. The summed E-state index contributed by atoms with van der Waals surface area (Å²) in [7, 11) is 3.61. The lowest BCUT2D eigenvalue weighted by Gasteiger charge is -2.36. The summed E-state index contributed by atoms with van der Waals surface area (Å²) in [5, 5.41) is 21.1. The molecule has 2 aromatic carbocycles. The molecule has 5 heterocycles. The number of ether oxygens (including phenoxy) is 4. The number of hydrogen-bond donors (Lipinski definition) is 4. The number of fused-ring (bicyclic) bond motifs is 1.